The Balaban J connectivity index is 3.05. The van der Waals surface area contributed by atoms with Gasteiger partial charge in [-0.2, -0.15) is 0 Å². The summed E-state index contributed by atoms with van der Waals surface area (Å²) in [5.74, 6) is 3.91. The van der Waals surface area contributed by atoms with Gasteiger partial charge in [-0.05, 0) is 24.5 Å². The number of carboxylic acid groups (broad SMARTS) is 1. The second-order valence-corrected chi connectivity index (χ2v) is 4.00. The van der Waals surface area contributed by atoms with Crippen LogP contribution >= 0.6 is 0 Å². The molecular formula is C15H14O3. The maximum Gasteiger partial charge on any atom is 0.336 e. The first-order valence-corrected chi connectivity index (χ1v) is 5.51. The molecule has 1 aromatic carbocycles. The first-order chi connectivity index (χ1) is 8.60. The van der Waals surface area contributed by atoms with Crippen molar-refractivity contribution >= 4 is 5.97 Å². The molecule has 3 heteroatoms. The third kappa shape index (κ3) is 3.30. The number of rotatable bonds is 5. The minimum absolute atomic E-state index is 0.0219. The van der Waals surface area contributed by atoms with Crippen molar-refractivity contribution < 1.29 is 15.0 Å². The molecule has 92 valence electrons. The van der Waals surface area contributed by atoms with Crippen LogP contribution < -0.4 is 0 Å². The van der Waals surface area contributed by atoms with Gasteiger partial charge in [0.05, 0.1) is 5.56 Å². The highest BCUT2D eigenvalue weighted by Crippen LogP contribution is 2.26. The lowest BCUT2D eigenvalue weighted by Crippen LogP contribution is -2.09. The van der Waals surface area contributed by atoms with Crippen LogP contribution in [0.3, 0.4) is 0 Å². The van der Waals surface area contributed by atoms with E-state index >= 15 is 0 Å². The summed E-state index contributed by atoms with van der Waals surface area (Å²) in [6.07, 6.45) is 11.8. The maximum atomic E-state index is 11.1. The SMILES string of the molecule is C#CCC(CC#C)Cc1c(O)cccc1C(=O)O. The molecule has 0 aliphatic heterocycles. The molecule has 1 rings (SSSR count). The standard InChI is InChI=1S/C15H14O3/c1-3-6-11(7-4-2)10-13-12(15(17)18)8-5-9-14(13)16/h1-2,5,8-9,11,16H,6-7,10H2,(H,17,18). The predicted molar refractivity (Wildman–Crippen MR) is 69.2 cm³/mol. The van der Waals surface area contributed by atoms with Gasteiger partial charge in [-0.25, -0.2) is 4.79 Å². The lowest BCUT2D eigenvalue weighted by molar-refractivity contribution is 0.0695. The van der Waals surface area contributed by atoms with E-state index < -0.39 is 5.97 Å². The molecule has 3 nitrogen and oxygen atoms in total. The fourth-order valence-corrected chi connectivity index (χ4v) is 1.83. The van der Waals surface area contributed by atoms with Crippen molar-refractivity contribution in [3.05, 3.63) is 29.3 Å². The molecule has 0 unspecified atom stereocenters. The number of phenolic OH excluding ortho intramolecular Hbond substituents is 1. The molecule has 0 atom stereocenters. The highest BCUT2D eigenvalue weighted by Gasteiger charge is 2.17. The van der Waals surface area contributed by atoms with E-state index in [1.54, 1.807) is 0 Å². The molecule has 0 aliphatic rings. The van der Waals surface area contributed by atoms with Crippen LogP contribution in [0.5, 0.6) is 5.75 Å². The van der Waals surface area contributed by atoms with E-state index in [4.69, 9.17) is 18.0 Å². The fraction of sp³-hybridized carbons (Fsp3) is 0.267. The summed E-state index contributed by atoms with van der Waals surface area (Å²) in [6.45, 7) is 0. The number of terminal acetylenes is 2. The number of hydrogen-bond donors (Lipinski definition) is 2. The largest absolute Gasteiger partial charge is 0.508 e. The number of benzene rings is 1. The zero-order valence-corrected chi connectivity index (χ0v) is 9.89. The molecule has 0 fully saturated rings. The molecule has 0 spiro atoms. The van der Waals surface area contributed by atoms with Crippen LogP contribution in [0.1, 0.15) is 28.8 Å². The van der Waals surface area contributed by atoms with Crippen molar-refractivity contribution in [2.24, 2.45) is 5.92 Å². The Hall–Kier alpha value is -2.39. The van der Waals surface area contributed by atoms with Crippen LogP contribution in [-0.4, -0.2) is 16.2 Å². The Morgan fingerprint density at radius 1 is 1.28 bits per heavy atom. The van der Waals surface area contributed by atoms with Gasteiger partial charge in [0.2, 0.25) is 0 Å². The summed E-state index contributed by atoms with van der Waals surface area (Å²) in [4.78, 5) is 11.1. The first kappa shape index (κ1) is 13.7. The summed E-state index contributed by atoms with van der Waals surface area (Å²) in [7, 11) is 0. The highest BCUT2D eigenvalue weighted by atomic mass is 16.4. The maximum absolute atomic E-state index is 11.1. The van der Waals surface area contributed by atoms with Crippen LogP contribution in [0.25, 0.3) is 0 Å². The zero-order valence-electron chi connectivity index (χ0n) is 9.89. The number of carbonyl (C=O) groups is 1. The number of hydrogen-bond acceptors (Lipinski definition) is 2. The van der Waals surface area contributed by atoms with Gasteiger partial charge < -0.3 is 10.2 Å². The Bertz CT molecular complexity index is 502. The molecule has 0 saturated heterocycles. The van der Waals surface area contributed by atoms with Gasteiger partial charge in [-0.1, -0.05) is 6.07 Å². The predicted octanol–water partition coefficient (Wildman–Crippen LogP) is 2.30. The number of carboxylic acids is 1. The number of phenols is 1. The van der Waals surface area contributed by atoms with Gasteiger partial charge in [0.1, 0.15) is 5.75 Å². The summed E-state index contributed by atoms with van der Waals surface area (Å²) < 4.78 is 0. The fourth-order valence-electron chi connectivity index (χ4n) is 1.83. The second-order valence-electron chi connectivity index (χ2n) is 4.00. The molecule has 0 saturated carbocycles. The highest BCUT2D eigenvalue weighted by molar-refractivity contribution is 5.90. The Morgan fingerprint density at radius 3 is 2.39 bits per heavy atom. The van der Waals surface area contributed by atoms with Gasteiger partial charge >= 0.3 is 5.97 Å². The van der Waals surface area contributed by atoms with Gasteiger partial charge in [-0.15, -0.1) is 24.7 Å². The van der Waals surface area contributed by atoms with Crippen molar-refractivity contribution in [3.8, 4) is 30.4 Å². The molecule has 18 heavy (non-hydrogen) atoms. The smallest absolute Gasteiger partial charge is 0.336 e. The zero-order chi connectivity index (χ0) is 13.5. The first-order valence-electron chi connectivity index (χ1n) is 5.51. The number of aromatic carboxylic acids is 1. The van der Waals surface area contributed by atoms with Gasteiger partial charge in [0.25, 0.3) is 0 Å². The van der Waals surface area contributed by atoms with Crippen LogP contribution in [0.4, 0.5) is 0 Å². The van der Waals surface area contributed by atoms with Crippen molar-refractivity contribution in [1.82, 2.24) is 0 Å². The van der Waals surface area contributed by atoms with E-state index in [2.05, 4.69) is 11.8 Å². The minimum Gasteiger partial charge on any atom is -0.508 e. The average Bonchev–Trinajstić information content (AvgIpc) is 2.32. The molecule has 0 radical (unpaired) electrons. The minimum atomic E-state index is -1.07. The van der Waals surface area contributed by atoms with Crippen molar-refractivity contribution in [2.45, 2.75) is 19.3 Å². The topological polar surface area (TPSA) is 57.5 Å². The van der Waals surface area contributed by atoms with Gasteiger partial charge in [-0.3, -0.25) is 0 Å². The molecule has 0 aliphatic carbocycles. The third-order valence-electron chi connectivity index (χ3n) is 2.69. The quantitative estimate of drug-likeness (QED) is 0.779. The van der Waals surface area contributed by atoms with Crippen LogP contribution in [-0.2, 0) is 6.42 Å². The molecule has 0 heterocycles. The summed E-state index contributed by atoms with van der Waals surface area (Å²) in [5.41, 5.74) is 0.481. The van der Waals surface area contributed by atoms with E-state index in [9.17, 15) is 9.90 Å². The Morgan fingerprint density at radius 2 is 1.89 bits per heavy atom. The average molecular weight is 242 g/mol. The van der Waals surface area contributed by atoms with Crippen LogP contribution in [0.15, 0.2) is 18.2 Å². The van der Waals surface area contributed by atoms with Crippen LogP contribution in [0, 0.1) is 30.6 Å². The molecule has 0 aromatic heterocycles. The Kier molecular flexibility index (Phi) is 4.84. The molecule has 1 aromatic rings. The molecule has 2 N–H and O–H groups in total. The molecule has 0 amide bonds. The monoisotopic (exact) mass is 242 g/mol. The second kappa shape index (κ2) is 6.37. The van der Waals surface area contributed by atoms with E-state index in [0.29, 0.717) is 24.8 Å². The summed E-state index contributed by atoms with van der Waals surface area (Å²) in [5, 5.41) is 18.8. The molecular weight excluding hydrogens is 228 g/mol. The summed E-state index contributed by atoms with van der Waals surface area (Å²) in [6, 6.07) is 4.42. The van der Waals surface area contributed by atoms with Crippen molar-refractivity contribution in [1.29, 1.82) is 0 Å². The van der Waals surface area contributed by atoms with Gasteiger partial charge in [0, 0.05) is 18.4 Å². The van der Waals surface area contributed by atoms with E-state index in [-0.39, 0.29) is 17.2 Å². The van der Waals surface area contributed by atoms with E-state index in [1.807, 2.05) is 0 Å². The lowest BCUT2D eigenvalue weighted by atomic mass is 9.90. The summed E-state index contributed by atoms with van der Waals surface area (Å²) >= 11 is 0. The van der Waals surface area contributed by atoms with E-state index in [0.717, 1.165) is 0 Å². The number of aromatic hydroxyl groups is 1. The molecule has 0 bridgehead atoms. The van der Waals surface area contributed by atoms with Crippen molar-refractivity contribution in [3.63, 3.8) is 0 Å². The lowest BCUT2D eigenvalue weighted by Gasteiger charge is -2.14. The Labute approximate surface area is 106 Å². The van der Waals surface area contributed by atoms with Crippen LogP contribution in [0.2, 0.25) is 0 Å². The van der Waals surface area contributed by atoms with Crippen molar-refractivity contribution in [2.75, 3.05) is 0 Å². The third-order valence-corrected chi connectivity index (χ3v) is 2.69. The van der Waals surface area contributed by atoms with E-state index in [1.165, 1.54) is 18.2 Å². The van der Waals surface area contributed by atoms with Gasteiger partial charge in [0.15, 0.2) is 0 Å². The normalized spacial score (nSPS) is 9.72.